The zero-order valence-electron chi connectivity index (χ0n) is 21.1. The SMILES string of the molecule is CN(CCCN1C(=O)c2cccc3cccc(c23)C1=O)CCCN1C(=O)c2cccc3cccc(c23)C1=O. The Hall–Kier alpha value is -4.36. The maximum Gasteiger partial charge on any atom is 0.261 e. The van der Waals surface area contributed by atoms with Gasteiger partial charge < -0.3 is 4.90 Å². The fraction of sp³-hybridized carbons (Fsp3) is 0.226. The van der Waals surface area contributed by atoms with E-state index >= 15 is 0 Å². The third kappa shape index (κ3) is 3.87. The highest BCUT2D eigenvalue weighted by Crippen LogP contribution is 2.31. The molecular weight excluding hydrogens is 478 g/mol. The van der Waals surface area contributed by atoms with E-state index in [0.717, 1.165) is 21.5 Å². The monoisotopic (exact) mass is 505 g/mol. The first kappa shape index (κ1) is 24.0. The zero-order valence-corrected chi connectivity index (χ0v) is 21.1. The van der Waals surface area contributed by atoms with Crippen LogP contribution in [0.25, 0.3) is 21.5 Å². The van der Waals surface area contributed by atoms with Crippen LogP contribution in [0.3, 0.4) is 0 Å². The lowest BCUT2D eigenvalue weighted by Gasteiger charge is -2.29. The summed E-state index contributed by atoms with van der Waals surface area (Å²) in [5.41, 5.74) is 2.27. The Labute approximate surface area is 220 Å². The van der Waals surface area contributed by atoms with Gasteiger partial charge >= 0.3 is 0 Å². The van der Waals surface area contributed by atoms with E-state index in [4.69, 9.17) is 0 Å². The van der Waals surface area contributed by atoms with Crippen LogP contribution < -0.4 is 0 Å². The molecule has 0 saturated carbocycles. The van der Waals surface area contributed by atoms with Crippen molar-refractivity contribution in [1.29, 1.82) is 0 Å². The largest absolute Gasteiger partial charge is 0.306 e. The number of hydrogen-bond donors (Lipinski definition) is 0. The van der Waals surface area contributed by atoms with E-state index in [1.165, 1.54) is 9.80 Å². The summed E-state index contributed by atoms with van der Waals surface area (Å²) in [4.78, 5) is 57.1. The molecule has 0 saturated heterocycles. The predicted octanol–water partition coefficient (Wildman–Crippen LogP) is 4.60. The standard InChI is InChI=1S/C31H27N3O4/c1-32(16-6-18-33-28(35)22-12-2-8-20-9-3-13-23(26(20)22)29(33)36)17-7-19-34-30(37)24-14-4-10-21-11-5-15-25(27(21)24)31(34)38/h2-5,8-15H,6-7,16-19H2,1H3. The third-order valence-corrected chi connectivity index (χ3v) is 7.55. The number of hydrogen-bond acceptors (Lipinski definition) is 5. The second-order valence-corrected chi connectivity index (χ2v) is 9.95. The van der Waals surface area contributed by atoms with Gasteiger partial charge in [0.2, 0.25) is 0 Å². The van der Waals surface area contributed by atoms with Crippen molar-refractivity contribution in [2.75, 3.05) is 33.2 Å². The van der Waals surface area contributed by atoms with Gasteiger partial charge in [-0.1, -0.05) is 48.5 Å². The minimum absolute atomic E-state index is 0.251. The van der Waals surface area contributed by atoms with Gasteiger partial charge in [0.1, 0.15) is 0 Å². The minimum atomic E-state index is -0.251. The summed E-state index contributed by atoms with van der Waals surface area (Å²) in [6.07, 6.45) is 1.26. The van der Waals surface area contributed by atoms with Crippen LogP contribution in [0.4, 0.5) is 0 Å². The Balaban J connectivity index is 1.04. The second-order valence-electron chi connectivity index (χ2n) is 9.95. The van der Waals surface area contributed by atoms with Crippen LogP contribution in [0, 0.1) is 0 Å². The normalized spacial score (nSPS) is 14.9. The molecule has 0 radical (unpaired) electrons. The van der Waals surface area contributed by atoms with Crippen molar-refractivity contribution in [3.63, 3.8) is 0 Å². The maximum absolute atomic E-state index is 13.1. The topological polar surface area (TPSA) is 78.0 Å². The summed E-state index contributed by atoms with van der Waals surface area (Å²) >= 11 is 0. The summed E-state index contributed by atoms with van der Waals surface area (Å²) in [6.45, 7) is 2.01. The molecule has 7 nitrogen and oxygen atoms in total. The van der Waals surface area contributed by atoms with E-state index < -0.39 is 0 Å². The number of nitrogens with zero attached hydrogens (tertiary/aromatic N) is 3. The summed E-state index contributed by atoms with van der Waals surface area (Å²) < 4.78 is 0. The Morgan fingerprint density at radius 2 is 0.842 bits per heavy atom. The molecule has 0 spiro atoms. The molecule has 0 aromatic heterocycles. The van der Waals surface area contributed by atoms with Gasteiger partial charge in [-0.3, -0.25) is 29.0 Å². The van der Waals surface area contributed by atoms with Crippen molar-refractivity contribution in [1.82, 2.24) is 14.7 Å². The van der Waals surface area contributed by atoms with Crippen molar-refractivity contribution in [2.24, 2.45) is 0 Å². The molecule has 0 unspecified atom stereocenters. The van der Waals surface area contributed by atoms with Crippen LogP contribution in [0.1, 0.15) is 54.3 Å². The average molecular weight is 506 g/mol. The van der Waals surface area contributed by atoms with Crippen LogP contribution in [-0.4, -0.2) is 71.6 Å². The summed E-state index contributed by atoms with van der Waals surface area (Å²) in [6, 6.07) is 22.2. The smallest absolute Gasteiger partial charge is 0.261 e. The fourth-order valence-electron chi connectivity index (χ4n) is 5.68. The number of benzene rings is 4. The van der Waals surface area contributed by atoms with Gasteiger partial charge in [-0.15, -0.1) is 0 Å². The molecule has 0 bridgehead atoms. The van der Waals surface area contributed by atoms with Gasteiger partial charge in [-0.2, -0.15) is 0 Å². The van der Waals surface area contributed by atoms with Gasteiger partial charge in [0.15, 0.2) is 0 Å². The first-order chi connectivity index (χ1) is 18.5. The van der Waals surface area contributed by atoms with Crippen molar-refractivity contribution in [3.8, 4) is 0 Å². The molecule has 0 fully saturated rings. The lowest BCUT2D eigenvalue weighted by Crippen LogP contribution is -2.42. The molecule has 6 rings (SSSR count). The van der Waals surface area contributed by atoms with E-state index in [0.29, 0.717) is 61.3 Å². The molecule has 190 valence electrons. The Morgan fingerprint density at radius 3 is 1.16 bits per heavy atom. The first-order valence-electron chi connectivity index (χ1n) is 12.9. The zero-order chi connectivity index (χ0) is 26.4. The number of carbonyl (C=O) groups excluding carboxylic acids is 4. The van der Waals surface area contributed by atoms with Gasteiger partial charge in [0.25, 0.3) is 23.6 Å². The van der Waals surface area contributed by atoms with E-state index in [1.54, 1.807) is 24.3 Å². The highest BCUT2D eigenvalue weighted by molar-refractivity contribution is 6.26. The van der Waals surface area contributed by atoms with E-state index in [-0.39, 0.29) is 23.6 Å². The summed E-state index contributed by atoms with van der Waals surface area (Å²) in [5, 5.41) is 3.26. The molecule has 2 aliphatic heterocycles. The van der Waals surface area contributed by atoms with Gasteiger partial charge in [-0.25, -0.2) is 0 Å². The Kier molecular flexibility index (Phi) is 6.00. The molecule has 0 N–H and O–H groups in total. The molecule has 4 amide bonds. The minimum Gasteiger partial charge on any atom is -0.306 e. The van der Waals surface area contributed by atoms with Crippen LogP contribution in [0.2, 0.25) is 0 Å². The molecule has 7 heteroatoms. The molecule has 4 aromatic rings. The molecular formula is C31H27N3O4. The summed E-state index contributed by atoms with van der Waals surface area (Å²) in [5.74, 6) is -1.00. The highest BCUT2D eigenvalue weighted by atomic mass is 16.2. The van der Waals surface area contributed by atoms with Crippen molar-refractivity contribution in [3.05, 3.63) is 95.1 Å². The lowest BCUT2D eigenvalue weighted by molar-refractivity contribution is 0.0596. The van der Waals surface area contributed by atoms with Crippen LogP contribution >= 0.6 is 0 Å². The van der Waals surface area contributed by atoms with E-state index in [9.17, 15) is 19.2 Å². The number of imide groups is 2. The molecule has 0 aliphatic carbocycles. The molecule has 0 atom stereocenters. The molecule has 4 aromatic carbocycles. The van der Waals surface area contributed by atoms with E-state index in [1.807, 2.05) is 55.6 Å². The van der Waals surface area contributed by atoms with Crippen molar-refractivity contribution < 1.29 is 19.2 Å². The van der Waals surface area contributed by atoms with Crippen LogP contribution in [-0.2, 0) is 0 Å². The third-order valence-electron chi connectivity index (χ3n) is 7.55. The van der Waals surface area contributed by atoms with Gasteiger partial charge in [0.05, 0.1) is 0 Å². The first-order valence-corrected chi connectivity index (χ1v) is 12.9. The lowest BCUT2D eigenvalue weighted by atomic mass is 9.94. The van der Waals surface area contributed by atoms with Crippen molar-refractivity contribution in [2.45, 2.75) is 12.8 Å². The number of carbonyl (C=O) groups is 4. The molecule has 2 aliphatic rings. The van der Waals surface area contributed by atoms with Gasteiger partial charge in [-0.05, 0) is 68.0 Å². The van der Waals surface area contributed by atoms with Crippen molar-refractivity contribution >= 4 is 45.2 Å². The van der Waals surface area contributed by atoms with Crippen LogP contribution in [0.15, 0.2) is 72.8 Å². The van der Waals surface area contributed by atoms with Gasteiger partial charge in [0, 0.05) is 46.1 Å². The predicted molar refractivity (Wildman–Crippen MR) is 145 cm³/mol. The average Bonchev–Trinajstić information content (AvgIpc) is 2.93. The number of rotatable bonds is 8. The number of amides is 4. The van der Waals surface area contributed by atoms with E-state index in [2.05, 4.69) is 4.90 Å². The fourth-order valence-corrected chi connectivity index (χ4v) is 5.68. The Morgan fingerprint density at radius 1 is 0.526 bits per heavy atom. The molecule has 2 heterocycles. The maximum atomic E-state index is 13.1. The van der Waals surface area contributed by atoms with Crippen LogP contribution in [0.5, 0.6) is 0 Å². The quantitative estimate of drug-likeness (QED) is 0.327. The second kappa shape index (κ2) is 9.50. The summed E-state index contributed by atoms with van der Waals surface area (Å²) in [7, 11) is 1.96. The Bertz CT molecular complexity index is 1420. The molecule has 38 heavy (non-hydrogen) atoms. The highest BCUT2D eigenvalue weighted by Gasteiger charge is 2.33.